The first-order valence-corrected chi connectivity index (χ1v) is 19.5. The Morgan fingerprint density at radius 1 is 0.592 bits per heavy atom. The van der Waals surface area contributed by atoms with Crippen molar-refractivity contribution in [3.05, 3.63) is 0 Å². The maximum absolute atomic E-state index is 12.2. The molecule has 10 N–H and O–H groups in total. The van der Waals surface area contributed by atoms with Crippen LogP contribution in [0.1, 0.15) is 12.8 Å². The zero-order valence-electron chi connectivity index (χ0n) is 24.2. The summed E-state index contributed by atoms with van der Waals surface area (Å²) in [6.45, 7) is -2.85. The van der Waals surface area contributed by atoms with E-state index >= 15 is 0 Å². The van der Waals surface area contributed by atoms with E-state index in [9.17, 15) is 77.4 Å². The Labute approximate surface area is 273 Å². The van der Waals surface area contributed by atoms with Gasteiger partial charge in [-0.3, -0.25) is 39.1 Å². The quantitative estimate of drug-likeness (QED) is 0.0755. The maximum atomic E-state index is 12.2. The van der Waals surface area contributed by atoms with Crippen molar-refractivity contribution >= 4 is 55.2 Å². The third-order valence-electron chi connectivity index (χ3n) is 6.89. The molecule has 280 valence electrons. The van der Waals surface area contributed by atoms with Crippen LogP contribution in [0.25, 0.3) is 0 Å². The van der Waals surface area contributed by atoms with Crippen molar-refractivity contribution in [2.75, 3.05) is 26.3 Å². The highest BCUT2D eigenvalue weighted by atomic mass is 31.3. The van der Waals surface area contributed by atoms with Crippen molar-refractivity contribution in [2.45, 2.75) is 61.9 Å². The lowest BCUT2D eigenvalue weighted by molar-refractivity contribution is -0.126. The molecule has 0 saturated carbocycles. The van der Waals surface area contributed by atoms with Crippen LogP contribution in [0, 0.1) is 0 Å². The summed E-state index contributed by atoms with van der Waals surface area (Å²) in [7, 11) is -24.1. The molecule has 0 aromatic heterocycles. The molecule has 31 heteroatoms. The molecule has 4 fully saturated rings. The van der Waals surface area contributed by atoms with Gasteiger partial charge in [0, 0.05) is 25.9 Å². The lowest BCUT2D eigenvalue weighted by Gasteiger charge is -2.32. The predicted molar refractivity (Wildman–Crippen MR) is 146 cm³/mol. The van der Waals surface area contributed by atoms with Crippen LogP contribution < -0.4 is 10.6 Å². The fourth-order valence-corrected chi connectivity index (χ4v) is 9.64. The Bertz CT molecular complexity index is 1410. The summed E-state index contributed by atoms with van der Waals surface area (Å²) in [5.74, 6) is -1.26. The Morgan fingerprint density at radius 2 is 0.918 bits per heavy atom. The van der Waals surface area contributed by atoms with Gasteiger partial charge in [0.15, 0.2) is 12.5 Å². The smallest absolute Gasteiger partial charge is 0.387 e. The number of phosphoric acid groups is 4. The highest BCUT2D eigenvalue weighted by Gasteiger charge is 2.52. The summed E-state index contributed by atoms with van der Waals surface area (Å²) in [5, 5.41) is 44.7. The summed E-state index contributed by atoms with van der Waals surface area (Å²) in [5.41, 5.74) is 0. The topological polar surface area (TPSA) is 394 Å². The molecule has 12 atom stereocenters. The van der Waals surface area contributed by atoms with Gasteiger partial charge in [0.2, 0.25) is 11.8 Å². The molecule has 0 aromatic carbocycles. The van der Waals surface area contributed by atoms with E-state index in [0.717, 1.165) is 9.80 Å². The van der Waals surface area contributed by atoms with Crippen LogP contribution in [0.4, 0.5) is 9.59 Å². The molecular formula is C18H30N4O23P4. The number of carbonyl (C=O) groups is 4. The third kappa shape index (κ3) is 10.2. The highest BCUT2D eigenvalue weighted by molar-refractivity contribution is 7.69. The number of carbonyl (C=O) groups excluding carboxylic acids is 4. The van der Waals surface area contributed by atoms with Gasteiger partial charge in [-0.1, -0.05) is 0 Å². The number of phosphoric ester groups is 2. The van der Waals surface area contributed by atoms with E-state index in [-0.39, 0.29) is 25.9 Å². The minimum absolute atomic E-state index is 0.190. The van der Waals surface area contributed by atoms with Gasteiger partial charge in [0.25, 0.3) is 0 Å². The van der Waals surface area contributed by atoms with E-state index in [4.69, 9.17) is 9.47 Å². The number of imide groups is 2. The van der Waals surface area contributed by atoms with Gasteiger partial charge in [-0.15, -0.1) is 0 Å². The molecule has 4 aliphatic heterocycles. The Kier molecular flexibility index (Phi) is 12.3. The molecule has 6 amide bonds. The number of hydrogen-bond donors (Lipinski definition) is 10. The molecule has 0 bridgehead atoms. The Hall–Kier alpha value is -1.80. The van der Waals surface area contributed by atoms with Gasteiger partial charge in [-0.05, 0) is 0 Å². The number of hydrogen-bond acceptors (Lipinski definition) is 19. The van der Waals surface area contributed by atoms with Crippen LogP contribution in [-0.4, -0.2) is 149 Å². The molecule has 0 aromatic rings. The Balaban J connectivity index is 1.27. The number of aliphatic hydroxyl groups excluding tert-OH is 4. The van der Waals surface area contributed by atoms with Gasteiger partial charge in [-0.25, -0.2) is 27.8 Å². The molecule has 27 nitrogen and oxygen atoms in total. The van der Waals surface area contributed by atoms with Gasteiger partial charge in [0.1, 0.15) is 36.6 Å². The SMILES string of the molecule is O=C1CCN([C@@H]2O[C@H](COP(=O)(O)OP(=O)(O)OP(=O)(O)OP(=O)(O)OC[C@H]3O[C@@H](N4CCC(=O)NC4=O)[C@H](O)[C@@H]3O)[C@@H](O)[C@H]2O)C(=O)N1. The summed E-state index contributed by atoms with van der Waals surface area (Å²) in [6.07, 6.45) is -14.4. The van der Waals surface area contributed by atoms with Gasteiger partial charge in [0.05, 0.1) is 13.2 Å². The molecule has 4 unspecified atom stereocenters. The molecule has 4 aliphatic rings. The van der Waals surface area contributed by atoms with Gasteiger partial charge >= 0.3 is 43.4 Å². The zero-order chi connectivity index (χ0) is 36.7. The number of aliphatic hydroxyl groups is 4. The maximum Gasteiger partial charge on any atom is 0.490 e. The summed E-state index contributed by atoms with van der Waals surface area (Å²) in [4.78, 5) is 87.4. The standard InChI is InChI=1S/C18H30N4O23P4/c23-9-1-3-21(17(29)19-9)15-13(27)11(25)7(41-15)5-39-46(31,32)43-48(35,36)45-49(37,38)44-47(33,34)40-6-8-12(26)14(28)16(42-8)22-4-2-10(24)20-18(22)30/h7-8,11-16,25-28H,1-6H2,(H,31,32)(H,33,34)(H,35,36)(H,37,38)(H,19,23,29)(H,20,24,30)/t7-,8-,11-,12-,13-,14-,15-,16-/m1/s1. The van der Waals surface area contributed by atoms with E-state index in [1.54, 1.807) is 0 Å². The predicted octanol–water partition coefficient (Wildman–Crippen LogP) is -3.75. The number of ether oxygens (including phenoxy) is 2. The van der Waals surface area contributed by atoms with Crippen molar-refractivity contribution in [1.82, 2.24) is 20.4 Å². The average Bonchev–Trinajstić information content (AvgIpc) is 3.38. The van der Waals surface area contributed by atoms with Crippen LogP contribution in [-0.2, 0) is 59.3 Å². The van der Waals surface area contributed by atoms with E-state index in [0.29, 0.717) is 0 Å². The molecule has 0 aliphatic carbocycles. The first kappa shape index (κ1) is 40.0. The molecule has 0 radical (unpaired) electrons. The second-order valence-corrected chi connectivity index (χ2v) is 16.6. The summed E-state index contributed by atoms with van der Waals surface area (Å²) >= 11 is 0. The molecule has 4 rings (SSSR count). The normalized spacial score (nSPS) is 36.0. The number of amides is 6. The zero-order valence-corrected chi connectivity index (χ0v) is 27.8. The molecule has 4 heterocycles. The molecule has 4 saturated heterocycles. The monoisotopic (exact) mass is 794 g/mol. The van der Waals surface area contributed by atoms with Crippen LogP contribution in [0.3, 0.4) is 0 Å². The van der Waals surface area contributed by atoms with Gasteiger partial charge in [-0.2, -0.15) is 12.9 Å². The first-order valence-electron chi connectivity index (χ1n) is 13.5. The lowest BCUT2D eigenvalue weighted by atomic mass is 10.1. The fourth-order valence-electron chi connectivity index (χ4n) is 4.69. The van der Waals surface area contributed by atoms with E-state index in [2.05, 4.69) is 22.0 Å². The van der Waals surface area contributed by atoms with E-state index in [1.165, 1.54) is 0 Å². The number of nitrogens with one attached hydrogen (secondary N) is 2. The summed E-state index contributed by atoms with van der Waals surface area (Å²) in [6, 6.07) is -1.98. The number of rotatable bonds is 14. The van der Waals surface area contributed by atoms with Gasteiger partial charge < -0.3 is 49.5 Å². The van der Waals surface area contributed by atoms with Crippen LogP contribution >= 0.6 is 31.3 Å². The second kappa shape index (κ2) is 15.0. The second-order valence-electron chi connectivity index (χ2n) is 10.4. The van der Waals surface area contributed by atoms with Crippen molar-refractivity contribution in [1.29, 1.82) is 0 Å². The average molecular weight is 794 g/mol. The van der Waals surface area contributed by atoms with Crippen molar-refractivity contribution < 1.29 is 109 Å². The minimum Gasteiger partial charge on any atom is -0.387 e. The van der Waals surface area contributed by atoms with Crippen LogP contribution in [0.5, 0.6) is 0 Å². The minimum atomic E-state index is -6.23. The Morgan fingerprint density at radius 3 is 1.24 bits per heavy atom. The van der Waals surface area contributed by atoms with E-state index in [1.807, 2.05) is 10.6 Å². The van der Waals surface area contributed by atoms with Crippen molar-refractivity contribution in [2.24, 2.45) is 0 Å². The van der Waals surface area contributed by atoms with Crippen LogP contribution in [0.2, 0.25) is 0 Å². The summed E-state index contributed by atoms with van der Waals surface area (Å²) < 4.78 is 79.5. The third-order valence-corrected chi connectivity index (χ3v) is 12.8. The molecule has 0 spiro atoms. The highest BCUT2D eigenvalue weighted by Crippen LogP contribution is 2.71. The molecule has 49 heavy (non-hydrogen) atoms. The number of nitrogens with zero attached hydrogens (tertiary/aromatic N) is 2. The lowest BCUT2D eigenvalue weighted by Crippen LogP contribution is -2.56. The fraction of sp³-hybridized carbons (Fsp3) is 0.778. The molecular weight excluding hydrogens is 764 g/mol. The van der Waals surface area contributed by atoms with Crippen molar-refractivity contribution in [3.8, 4) is 0 Å². The largest absolute Gasteiger partial charge is 0.490 e. The van der Waals surface area contributed by atoms with E-state index < -0.39 is 117 Å². The van der Waals surface area contributed by atoms with Crippen LogP contribution in [0.15, 0.2) is 0 Å². The first-order chi connectivity index (χ1) is 22.5. The van der Waals surface area contributed by atoms with Crippen molar-refractivity contribution in [3.63, 3.8) is 0 Å². The number of urea groups is 2.